The summed E-state index contributed by atoms with van der Waals surface area (Å²) in [5.74, 6) is 2.26. The minimum atomic E-state index is -0.383. The van der Waals surface area contributed by atoms with Gasteiger partial charge in [-0.3, -0.25) is 0 Å². The first kappa shape index (κ1) is 7.01. The number of hydrogen-bond acceptors (Lipinski definition) is 2. The lowest BCUT2D eigenvalue weighted by molar-refractivity contribution is 0.132. The molecule has 0 saturated carbocycles. The maximum absolute atomic E-state index is 8.12. The fourth-order valence-corrected chi connectivity index (χ4v) is 0.210. The highest BCUT2D eigenvalue weighted by Crippen LogP contribution is 1.83. The molecule has 0 aliphatic rings. The smallest absolute Gasteiger partial charge is 0.142 e. The van der Waals surface area contributed by atoms with Crippen molar-refractivity contribution in [3.63, 3.8) is 0 Å². The number of rotatable bonds is 2. The summed E-state index contributed by atoms with van der Waals surface area (Å²) in [5, 5.41) is 8.12. The van der Waals surface area contributed by atoms with Crippen LogP contribution in [0.15, 0.2) is 0 Å². The van der Waals surface area contributed by atoms with Crippen molar-refractivity contribution in [1.82, 2.24) is 0 Å². The van der Waals surface area contributed by atoms with Gasteiger partial charge in [0.05, 0.1) is 6.07 Å². The zero-order valence-corrected chi connectivity index (χ0v) is 4.72. The maximum atomic E-state index is 8.12. The molecule has 8 heavy (non-hydrogen) atoms. The van der Waals surface area contributed by atoms with Crippen LogP contribution in [0.25, 0.3) is 0 Å². The van der Waals surface area contributed by atoms with Crippen LogP contribution >= 0.6 is 0 Å². The number of ether oxygens (including phenoxy) is 1. The van der Waals surface area contributed by atoms with E-state index in [0.717, 1.165) is 0 Å². The van der Waals surface area contributed by atoms with Gasteiger partial charge in [0, 0.05) is 0 Å². The number of nitriles is 1. The fraction of sp³-hybridized carbons (Fsp3) is 0.500. The standard InChI is InChI=1S/C6H7NO/c1-3-4-8-6(2)5-7/h1,6H,4H2,2H3. The van der Waals surface area contributed by atoms with Gasteiger partial charge < -0.3 is 4.74 Å². The van der Waals surface area contributed by atoms with Crippen LogP contribution in [0.5, 0.6) is 0 Å². The van der Waals surface area contributed by atoms with Crippen LogP contribution in [0.4, 0.5) is 0 Å². The van der Waals surface area contributed by atoms with Gasteiger partial charge in [-0.05, 0) is 6.92 Å². The Morgan fingerprint density at radius 3 is 2.88 bits per heavy atom. The van der Waals surface area contributed by atoms with Gasteiger partial charge in [-0.25, -0.2) is 0 Å². The normalized spacial score (nSPS) is 11.4. The van der Waals surface area contributed by atoms with Crippen LogP contribution in [0.2, 0.25) is 0 Å². The molecule has 0 N–H and O–H groups in total. The number of hydrogen-bond donors (Lipinski definition) is 0. The monoisotopic (exact) mass is 109 g/mol. The SMILES string of the molecule is C#CCOC(C)C#N. The van der Waals surface area contributed by atoms with Crippen molar-refractivity contribution in [1.29, 1.82) is 5.26 Å². The molecule has 0 spiro atoms. The fourth-order valence-electron chi connectivity index (χ4n) is 0.210. The molecule has 2 heteroatoms. The van der Waals surface area contributed by atoms with Crippen LogP contribution in [0.3, 0.4) is 0 Å². The highest BCUT2D eigenvalue weighted by Gasteiger charge is 1.93. The third-order valence-electron chi connectivity index (χ3n) is 0.598. The number of terminal acetylenes is 1. The Bertz CT molecular complexity index is 128. The summed E-state index contributed by atoms with van der Waals surface area (Å²) in [4.78, 5) is 0. The van der Waals surface area contributed by atoms with Crippen molar-refractivity contribution in [2.75, 3.05) is 6.61 Å². The van der Waals surface area contributed by atoms with Gasteiger partial charge in [0.25, 0.3) is 0 Å². The van der Waals surface area contributed by atoms with Crippen LogP contribution in [-0.4, -0.2) is 12.7 Å². The molecule has 1 atom stereocenters. The Hall–Kier alpha value is -0.990. The predicted octanol–water partition coefficient (Wildman–Crippen LogP) is 0.548. The molecule has 0 aromatic carbocycles. The van der Waals surface area contributed by atoms with Gasteiger partial charge in [0.15, 0.2) is 0 Å². The van der Waals surface area contributed by atoms with E-state index in [4.69, 9.17) is 16.4 Å². The molecule has 0 bridgehead atoms. The van der Waals surface area contributed by atoms with Crippen LogP contribution in [0, 0.1) is 23.7 Å². The minimum absolute atomic E-state index is 0.217. The molecule has 0 saturated heterocycles. The first-order chi connectivity index (χ1) is 3.81. The largest absolute Gasteiger partial charge is 0.351 e. The lowest BCUT2D eigenvalue weighted by atomic mass is 10.5. The Kier molecular flexibility index (Phi) is 3.66. The molecule has 0 radical (unpaired) electrons. The third kappa shape index (κ3) is 3.21. The van der Waals surface area contributed by atoms with Crippen molar-refractivity contribution < 1.29 is 4.74 Å². The van der Waals surface area contributed by atoms with E-state index in [0.29, 0.717) is 0 Å². The van der Waals surface area contributed by atoms with Crippen molar-refractivity contribution >= 4 is 0 Å². The lowest BCUT2D eigenvalue weighted by Gasteiger charge is -1.97. The first-order valence-electron chi connectivity index (χ1n) is 2.26. The average molecular weight is 109 g/mol. The minimum Gasteiger partial charge on any atom is -0.351 e. The van der Waals surface area contributed by atoms with Gasteiger partial charge in [-0.15, -0.1) is 6.42 Å². The molecule has 0 heterocycles. The van der Waals surface area contributed by atoms with E-state index in [1.54, 1.807) is 6.92 Å². The molecule has 42 valence electrons. The van der Waals surface area contributed by atoms with Crippen LogP contribution in [-0.2, 0) is 4.74 Å². The Morgan fingerprint density at radius 2 is 2.50 bits per heavy atom. The summed E-state index contributed by atoms with van der Waals surface area (Å²) >= 11 is 0. The van der Waals surface area contributed by atoms with Gasteiger partial charge in [-0.2, -0.15) is 5.26 Å². The summed E-state index contributed by atoms with van der Waals surface area (Å²) in [5.41, 5.74) is 0. The van der Waals surface area contributed by atoms with E-state index in [1.807, 2.05) is 6.07 Å². The summed E-state index contributed by atoms with van der Waals surface area (Å²) in [6, 6.07) is 1.88. The molecule has 1 unspecified atom stereocenters. The highest BCUT2D eigenvalue weighted by molar-refractivity contribution is 4.86. The Morgan fingerprint density at radius 1 is 1.88 bits per heavy atom. The van der Waals surface area contributed by atoms with Gasteiger partial charge in [0.1, 0.15) is 12.7 Å². The lowest BCUT2D eigenvalue weighted by Crippen LogP contribution is -2.03. The number of nitrogens with zero attached hydrogens (tertiary/aromatic N) is 1. The predicted molar refractivity (Wildman–Crippen MR) is 29.9 cm³/mol. The van der Waals surface area contributed by atoms with E-state index in [1.165, 1.54) is 0 Å². The molecule has 0 amide bonds. The second-order valence-electron chi connectivity index (χ2n) is 1.29. The highest BCUT2D eigenvalue weighted by atomic mass is 16.5. The van der Waals surface area contributed by atoms with E-state index in [2.05, 4.69) is 5.92 Å². The van der Waals surface area contributed by atoms with Gasteiger partial charge >= 0.3 is 0 Å². The molecule has 0 fully saturated rings. The zero-order chi connectivity index (χ0) is 6.41. The molecular weight excluding hydrogens is 102 g/mol. The average Bonchev–Trinajstić information content (AvgIpc) is 1.83. The van der Waals surface area contributed by atoms with Crippen molar-refractivity contribution in [2.24, 2.45) is 0 Å². The van der Waals surface area contributed by atoms with Gasteiger partial charge in [-0.1, -0.05) is 5.92 Å². The van der Waals surface area contributed by atoms with Crippen molar-refractivity contribution in [2.45, 2.75) is 13.0 Å². The molecule has 0 aromatic rings. The second-order valence-corrected chi connectivity index (χ2v) is 1.29. The second kappa shape index (κ2) is 4.18. The van der Waals surface area contributed by atoms with E-state index < -0.39 is 0 Å². The summed E-state index contributed by atoms with van der Waals surface area (Å²) < 4.78 is 4.74. The van der Waals surface area contributed by atoms with E-state index >= 15 is 0 Å². The van der Waals surface area contributed by atoms with Crippen LogP contribution in [0.1, 0.15) is 6.92 Å². The molecule has 0 aromatic heterocycles. The topological polar surface area (TPSA) is 33.0 Å². The Labute approximate surface area is 49.1 Å². The maximum Gasteiger partial charge on any atom is 0.142 e. The zero-order valence-electron chi connectivity index (χ0n) is 4.72. The summed E-state index contributed by atoms with van der Waals surface area (Å²) in [6.45, 7) is 1.87. The summed E-state index contributed by atoms with van der Waals surface area (Å²) in [6.07, 6.45) is 4.46. The van der Waals surface area contributed by atoms with Gasteiger partial charge in [0.2, 0.25) is 0 Å². The quantitative estimate of drug-likeness (QED) is 0.485. The molecular formula is C6H7NO. The summed E-state index contributed by atoms with van der Waals surface area (Å²) in [7, 11) is 0. The van der Waals surface area contributed by atoms with Crippen molar-refractivity contribution in [3.05, 3.63) is 0 Å². The molecule has 0 aliphatic carbocycles. The van der Waals surface area contributed by atoms with Crippen LogP contribution < -0.4 is 0 Å². The molecule has 0 rings (SSSR count). The first-order valence-corrected chi connectivity index (χ1v) is 2.26. The van der Waals surface area contributed by atoms with E-state index in [-0.39, 0.29) is 12.7 Å². The molecule has 0 aliphatic heterocycles. The van der Waals surface area contributed by atoms with Crippen molar-refractivity contribution in [3.8, 4) is 18.4 Å². The Balaban J connectivity index is 3.18. The molecule has 2 nitrogen and oxygen atoms in total. The van der Waals surface area contributed by atoms with E-state index in [9.17, 15) is 0 Å². The third-order valence-corrected chi connectivity index (χ3v) is 0.598.